The van der Waals surface area contributed by atoms with E-state index in [1.54, 1.807) is 11.1 Å². The quantitative estimate of drug-likeness (QED) is 0.528. The van der Waals surface area contributed by atoms with Crippen molar-refractivity contribution in [1.82, 2.24) is 5.32 Å². The monoisotopic (exact) mass is 406 g/mol. The molecule has 1 aromatic rings. The summed E-state index contributed by atoms with van der Waals surface area (Å²) in [4.78, 5) is 1.20. The Morgan fingerprint density at radius 1 is 1.00 bits per heavy atom. The summed E-state index contributed by atoms with van der Waals surface area (Å²) >= 11 is 6.24. The zero-order valence-electron chi connectivity index (χ0n) is 17.4. The predicted molar refractivity (Wildman–Crippen MR) is 123 cm³/mol. The fourth-order valence-electron chi connectivity index (χ4n) is 7.54. The van der Waals surface area contributed by atoms with Crippen LogP contribution in [0.15, 0.2) is 42.0 Å². The van der Waals surface area contributed by atoms with Crippen LogP contribution in [0.3, 0.4) is 0 Å². The Hall–Kier alpha value is -1.19. The van der Waals surface area contributed by atoms with Crippen molar-refractivity contribution in [3.8, 4) is 0 Å². The van der Waals surface area contributed by atoms with Gasteiger partial charge >= 0.3 is 0 Å². The summed E-state index contributed by atoms with van der Waals surface area (Å²) < 4.78 is 0. The molecule has 4 atom stereocenters. The van der Waals surface area contributed by atoms with Crippen molar-refractivity contribution in [3.05, 3.63) is 47.5 Å². The van der Waals surface area contributed by atoms with Crippen molar-refractivity contribution in [1.29, 1.82) is 0 Å². The third-order valence-corrected chi connectivity index (χ3v) is 9.56. The third-order valence-electron chi connectivity index (χ3n) is 9.03. The number of nitrogens with two attached hydrogens (primary N) is 1. The molecule has 0 amide bonds. The van der Waals surface area contributed by atoms with Crippen LogP contribution in [-0.2, 0) is 5.41 Å². The molecule has 4 unspecified atom stereocenters. The molecule has 0 radical (unpaired) electrons. The second-order valence-electron chi connectivity index (χ2n) is 10.9. The molecule has 3 heteroatoms. The van der Waals surface area contributed by atoms with Crippen molar-refractivity contribution in [2.45, 2.75) is 81.7 Å². The summed E-state index contributed by atoms with van der Waals surface area (Å²) in [6.07, 6.45) is 15.3. The van der Waals surface area contributed by atoms with Gasteiger partial charge in [0.1, 0.15) is 0 Å². The molecule has 0 aromatic heterocycles. The fourth-order valence-corrected chi connectivity index (χ4v) is 8.00. The Morgan fingerprint density at radius 2 is 1.76 bits per heavy atom. The lowest BCUT2D eigenvalue weighted by Gasteiger charge is -2.42. The average molecular weight is 407 g/mol. The van der Waals surface area contributed by atoms with Gasteiger partial charge < -0.3 is 11.1 Å². The van der Waals surface area contributed by atoms with Gasteiger partial charge in [-0.25, -0.2) is 0 Å². The third kappa shape index (κ3) is 2.95. The normalized spacial score (nSPS) is 44.4. The highest BCUT2D eigenvalue weighted by atomic mass is 32.1. The van der Waals surface area contributed by atoms with Gasteiger partial charge in [0.25, 0.3) is 0 Å². The Balaban J connectivity index is 1.32. The number of rotatable bonds is 4. The van der Waals surface area contributed by atoms with Crippen molar-refractivity contribution < 1.29 is 0 Å². The lowest BCUT2D eigenvalue weighted by atomic mass is 9.63. The van der Waals surface area contributed by atoms with Crippen molar-refractivity contribution in [2.75, 3.05) is 0 Å². The van der Waals surface area contributed by atoms with Gasteiger partial charge in [0, 0.05) is 17.5 Å². The van der Waals surface area contributed by atoms with Gasteiger partial charge in [0.15, 0.2) is 0 Å². The molecule has 0 heterocycles. The lowest BCUT2D eigenvalue weighted by molar-refractivity contribution is 0.233. The molecule has 2 nitrogen and oxygen atoms in total. The first kappa shape index (κ1) is 18.6. The van der Waals surface area contributed by atoms with Gasteiger partial charge in [-0.05, 0) is 92.9 Å². The maximum Gasteiger partial charge on any atom is 0.0824 e. The standard InChI is InChI=1S/C26H34N2S/c27-20-8-10-21(11-9-20)28-24(29)26-14-18-13-25(16-26,19-4-2-1-3-5-19)15-23(26)22(18)12-17-6-7-17/h1-5,12,17-18,20-21,23H,6-11,13-16,27H2,(H,28,29)/b22-12-. The van der Waals surface area contributed by atoms with Crippen LogP contribution in [0.1, 0.15) is 69.8 Å². The zero-order chi connectivity index (χ0) is 19.6. The Bertz CT molecular complexity index is 836. The van der Waals surface area contributed by atoms with Gasteiger partial charge in [-0.15, -0.1) is 0 Å². The molecule has 0 aliphatic heterocycles. The van der Waals surface area contributed by atoms with Crippen LogP contribution in [0.4, 0.5) is 0 Å². The van der Waals surface area contributed by atoms with Crippen LogP contribution >= 0.6 is 12.2 Å². The summed E-state index contributed by atoms with van der Waals surface area (Å²) in [5.41, 5.74) is 10.0. The summed E-state index contributed by atoms with van der Waals surface area (Å²) in [7, 11) is 0. The maximum atomic E-state index is 6.24. The molecule has 154 valence electrons. The van der Waals surface area contributed by atoms with E-state index in [0.717, 1.165) is 24.7 Å². The molecule has 4 bridgehead atoms. The minimum atomic E-state index is 0.203. The molecule has 0 spiro atoms. The van der Waals surface area contributed by atoms with E-state index in [-0.39, 0.29) is 5.41 Å². The molecule has 6 saturated carbocycles. The number of nitrogens with one attached hydrogen (secondary N) is 1. The van der Waals surface area contributed by atoms with E-state index < -0.39 is 0 Å². The van der Waals surface area contributed by atoms with Crippen LogP contribution in [0.5, 0.6) is 0 Å². The highest BCUT2D eigenvalue weighted by Gasteiger charge is 2.68. The minimum absolute atomic E-state index is 0.203. The Kier molecular flexibility index (Phi) is 4.26. The first-order valence-electron chi connectivity index (χ1n) is 11.9. The molecule has 1 aromatic carbocycles. The molecule has 29 heavy (non-hydrogen) atoms. The number of hydrogen-bond donors (Lipinski definition) is 2. The average Bonchev–Trinajstić information content (AvgIpc) is 3.49. The van der Waals surface area contributed by atoms with E-state index in [0.29, 0.717) is 23.4 Å². The lowest BCUT2D eigenvalue weighted by Crippen LogP contribution is -2.48. The number of hydrogen-bond acceptors (Lipinski definition) is 2. The Labute approximate surface area is 180 Å². The molecule has 0 saturated heterocycles. The van der Waals surface area contributed by atoms with E-state index >= 15 is 0 Å². The van der Waals surface area contributed by atoms with Crippen molar-refractivity contribution >= 4 is 17.2 Å². The molecule has 6 fully saturated rings. The molecule has 7 rings (SSSR count). The van der Waals surface area contributed by atoms with Crippen LogP contribution in [0.25, 0.3) is 0 Å². The maximum absolute atomic E-state index is 6.24. The first-order valence-corrected chi connectivity index (χ1v) is 12.3. The summed E-state index contributed by atoms with van der Waals surface area (Å²) in [6, 6.07) is 12.3. The zero-order valence-corrected chi connectivity index (χ0v) is 18.2. The fraction of sp³-hybridized carbons (Fsp3) is 0.654. The van der Waals surface area contributed by atoms with Gasteiger partial charge in [0.05, 0.1) is 4.99 Å². The number of benzene rings is 1. The van der Waals surface area contributed by atoms with E-state index in [9.17, 15) is 0 Å². The molecule has 6 aliphatic carbocycles. The van der Waals surface area contributed by atoms with Crippen LogP contribution in [0.2, 0.25) is 0 Å². The molecule has 3 N–H and O–H groups in total. The van der Waals surface area contributed by atoms with E-state index in [4.69, 9.17) is 18.0 Å². The minimum Gasteiger partial charge on any atom is -0.376 e. The van der Waals surface area contributed by atoms with E-state index in [1.165, 1.54) is 56.4 Å². The first-order chi connectivity index (χ1) is 14.1. The largest absolute Gasteiger partial charge is 0.376 e. The summed E-state index contributed by atoms with van der Waals surface area (Å²) in [5, 5.41) is 3.89. The van der Waals surface area contributed by atoms with Gasteiger partial charge in [-0.3, -0.25) is 0 Å². The van der Waals surface area contributed by atoms with Gasteiger partial charge in [-0.2, -0.15) is 0 Å². The highest BCUT2D eigenvalue weighted by Crippen LogP contribution is 2.73. The van der Waals surface area contributed by atoms with E-state index in [2.05, 4.69) is 41.7 Å². The number of allylic oxidation sites excluding steroid dienone is 2. The topological polar surface area (TPSA) is 38.0 Å². The number of thiocarbonyl (C=S) groups is 1. The summed E-state index contributed by atoms with van der Waals surface area (Å²) in [5.74, 6) is 2.30. The second kappa shape index (κ2) is 6.65. The van der Waals surface area contributed by atoms with Gasteiger partial charge in [-0.1, -0.05) is 54.2 Å². The second-order valence-corrected chi connectivity index (χ2v) is 11.3. The van der Waals surface area contributed by atoms with Crippen molar-refractivity contribution in [3.63, 3.8) is 0 Å². The Morgan fingerprint density at radius 3 is 2.48 bits per heavy atom. The molecular formula is C26H34N2S. The van der Waals surface area contributed by atoms with Crippen LogP contribution < -0.4 is 11.1 Å². The highest BCUT2D eigenvalue weighted by molar-refractivity contribution is 7.80. The molecule has 6 aliphatic rings. The van der Waals surface area contributed by atoms with E-state index in [1.807, 2.05) is 0 Å². The SMILES string of the molecule is NC1CCC(NC(=S)C23CC4CC(c5ccccc5)(CC2/C4=C\C2CC2)C3)CC1. The van der Waals surface area contributed by atoms with Crippen LogP contribution in [-0.4, -0.2) is 17.1 Å². The smallest absolute Gasteiger partial charge is 0.0824 e. The van der Waals surface area contributed by atoms with Crippen LogP contribution in [0, 0.1) is 23.2 Å². The summed E-state index contributed by atoms with van der Waals surface area (Å²) in [6.45, 7) is 0. The van der Waals surface area contributed by atoms with Crippen molar-refractivity contribution in [2.24, 2.45) is 28.9 Å². The predicted octanol–water partition coefficient (Wildman–Crippen LogP) is 5.27. The van der Waals surface area contributed by atoms with Gasteiger partial charge in [0.2, 0.25) is 0 Å². The molecular weight excluding hydrogens is 372 g/mol.